The molecule has 1 aromatic carbocycles. The van der Waals surface area contributed by atoms with Crippen molar-refractivity contribution in [3.8, 4) is 6.19 Å². The van der Waals surface area contributed by atoms with Crippen LogP contribution in [0.5, 0.6) is 0 Å². The lowest BCUT2D eigenvalue weighted by atomic mass is 10.2. The molecule has 21 heavy (non-hydrogen) atoms. The largest absolute Gasteiger partial charge is 0.283 e. The second-order valence-corrected chi connectivity index (χ2v) is 4.20. The highest BCUT2D eigenvalue weighted by Crippen LogP contribution is 2.14. The molecule has 1 heterocycles. The highest BCUT2D eigenvalue weighted by Gasteiger charge is 2.13. The molecule has 2 rings (SSSR count). The van der Waals surface area contributed by atoms with Crippen LogP contribution in [-0.2, 0) is 6.54 Å². The maximum Gasteiger partial charge on any atom is 0.269 e. The van der Waals surface area contributed by atoms with Crippen LogP contribution in [0, 0.1) is 27.0 Å². The van der Waals surface area contributed by atoms with E-state index < -0.39 is 4.92 Å². The Labute approximate surface area is 120 Å². The van der Waals surface area contributed by atoms with Gasteiger partial charge in [0, 0.05) is 30.1 Å². The highest BCUT2D eigenvalue weighted by molar-refractivity contribution is 5.96. The van der Waals surface area contributed by atoms with E-state index in [4.69, 9.17) is 10.7 Å². The van der Waals surface area contributed by atoms with Gasteiger partial charge in [0.2, 0.25) is 0 Å². The monoisotopic (exact) mass is 281 g/mol. The molecule has 0 spiro atoms. The molecule has 0 amide bonds. The first-order chi connectivity index (χ1) is 10.1. The second-order valence-electron chi connectivity index (χ2n) is 4.20. The predicted octanol–water partition coefficient (Wildman–Crippen LogP) is 2.30. The molecule has 0 saturated carbocycles. The zero-order chi connectivity index (χ0) is 15.2. The molecule has 0 aliphatic carbocycles. The Balaban J connectivity index is 2.14. The third kappa shape index (κ3) is 3.39. The molecule has 0 radical (unpaired) electrons. The third-order valence-corrected chi connectivity index (χ3v) is 2.81. The number of nitrogens with one attached hydrogen (secondary N) is 1. The van der Waals surface area contributed by atoms with Gasteiger partial charge >= 0.3 is 0 Å². The van der Waals surface area contributed by atoms with Crippen LogP contribution >= 0.6 is 0 Å². The fraction of sp³-hybridized carbons (Fsp3) is 0.0714. The zero-order valence-corrected chi connectivity index (χ0v) is 10.9. The molecule has 0 aliphatic rings. The lowest BCUT2D eigenvalue weighted by Gasteiger charge is -2.16. The first kappa shape index (κ1) is 14.1. The number of pyridine rings is 1. The van der Waals surface area contributed by atoms with Crippen LogP contribution < -0.4 is 0 Å². The van der Waals surface area contributed by atoms with Crippen LogP contribution in [0.3, 0.4) is 0 Å². The molecule has 7 heteroatoms. The summed E-state index contributed by atoms with van der Waals surface area (Å²) in [5.41, 5.74) is 1.22. The fourth-order valence-corrected chi connectivity index (χ4v) is 1.73. The molecule has 104 valence electrons. The average Bonchev–Trinajstić information content (AvgIpc) is 2.53. The van der Waals surface area contributed by atoms with E-state index in [-0.39, 0.29) is 18.1 Å². The quantitative estimate of drug-likeness (QED) is 0.231. The molecule has 7 nitrogen and oxygen atoms in total. The van der Waals surface area contributed by atoms with Crippen LogP contribution in [0.4, 0.5) is 5.69 Å². The molecule has 0 atom stereocenters. The Morgan fingerprint density at radius 3 is 2.62 bits per heavy atom. The van der Waals surface area contributed by atoms with E-state index in [1.165, 1.54) is 23.2 Å². The van der Waals surface area contributed by atoms with Crippen molar-refractivity contribution in [3.63, 3.8) is 0 Å². The molecule has 1 N–H and O–H groups in total. The van der Waals surface area contributed by atoms with E-state index >= 15 is 0 Å². The molecule has 1 aromatic heterocycles. The van der Waals surface area contributed by atoms with Crippen molar-refractivity contribution in [2.75, 3.05) is 0 Å². The Morgan fingerprint density at radius 1 is 1.38 bits per heavy atom. The normalized spacial score (nSPS) is 9.67. The number of hydrogen-bond donors (Lipinski definition) is 1. The first-order valence-electron chi connectivity index (χ1n) is 6.01. The number of hydrogen-bond acceptors (Lipinski definition) is 5. The van der Waals surface area contributed by atoms with Gasteiger partial charge < -0.3 is 0 Å². The summed E-state index contributed by atoms with van der Waals surface area (Å²) in [4.78, 5) is 15.2. The van der Waals surface area contributed by atoms with Crippen LogP contribution in [0.15, 0.2) is 48.8 Å². The molecule has 2 aromatic rings. The van der Waals surface area contributed by atoms with Crippen LogP contribution in [0.1, 0.15) is 11.1 Å². The van der Waals surface area contributed by atoms with Crippen molar-refractivity contribution in [3.05, 3.63) is 70.0 Å². The van der Waals surface area contributed by atoms with Gasteiger partial charge in [0.1, 0.15) is 5.84 Å². The minimum Gasteiger partial charge on any atom is -0.283 e. The number of benzene rings is 1. The Bertz CT molecular complexity index is 692. The van der Waals surface area contributed by atoms with Crippen LogP contribution in [0.2, 0.25) is 0 Å². The van der Waals surface area contributed by atoms with Crippen molar-refractivity contribution in [1.29, 1.82) is 10.7 Å². The van der Waals surface area contributed by atoms with E-state index in [9.17, 15) is 10.1 Å². The smallest absolute Gasteiger partial charge is 0.269 e. The summed E-state index contributed by atoms with van der Waals surface area (Å²) >= 11 is 0. The van der Waals surface area contributed by atoms with Gasteiger partial charge in [-0.05, 0) is 17.7 Å². The topological polar surface area (TPSA) is 107 Å². The number of amidine groups is 1. The van der Waals surface area contributed by atoms with Crippen molar-refractivity contribution in [2.24, 2.45) is 0 Å². The Morgan fingerprint density at radius 2 is 2.10 bits per heavy atom. The number of aromatic nitrogens is 1. The standard InChI is InChI=1S/C14H11N5O2/c15-10-18(14(16)12-2-1-7-17-8-12)9-11-3-5-13(6-4-11)19(20)21/h1-8,16H,9H2. The van der Waals surface area contributed by atoms with E-state index in [1.54, 1.807) is 30.5 Å². The Hall–Kier alpha value is -3.27. The first-order valence-corrected chi connectivity index (χ1v) is 6.01. The average molecular weight is 281 g/mol. The highest BCUT2D eigenvalue weighted by atomic mass is 16.6. The van der Waals surface area contributed by atoms with Crippen molar-refractivity contribution in [2.45, 2.75) is 6.54 Å². The summed E-state index contributed by atoms with van der Waals surface area (Å²) in [6.07, 6.45) is 5.02. The van der Waals surface area contributed by atoms with Gasteiger partial charge in [0.05, 0.1) is 11.5 Å². The number of nitrogens with zero attached hydrogens (tertiary/aromatic N) is 4. The van der Waals surface area contributed by atoms with Gasteiger partial charge in [-0.25, -0.2) is 0 Å². The van der Waals surface area contributed by atoms with Crippen molar-refractivity contribution in [1.82, 2.24) is 9.88 Å². The Kier molecular flexibility index (Phi) is 4.21. The van der Waals surface area contributed by atoms with Crippen molar-refractivity contribution < 1.29 is 4.92 Å². The molecule has 0 saturated heterocycles. The summed E-state index contributed by atoms with van der Waals surface area (Å²) in [5, 5.41) is 27.8. The SMILES string of the molecule is N#CN(Cc1ccc([N+](=O)[O-])cc1)C(=N)c1cccnc1. The maximum atomic E-state index is 10.6. The fourth-order valence-electron chi connectivity index (χ4n) is 1.73. The van der Waals surface area contributed by atoms with Gasteiger partial charge in [-0.3, -0.25) is 25.4 Å². The number of nitro benzene ring substituents is 1. The summed E-state index contributed by atoms with van der Waals surface area (Å²) < 4.78 is 0. The molecule has 0 bridgehead atoms. The molecular formula is C14H11N5O2. The van der Waals surface area contributed by atoms with Crippen molar-refractivity contribution >= 4 is 11.5 Å². The summed E-state index contributed by atoms with van der Waals surface area (Å²) in [6.45, 7) is 0.169. The third-order valence-electron chi connectivity index (χ3n) is 2.81. The van der Waals surface area contributed by atoms with E-state index in [0.717, 1.165) is 0 Å². The molecule has 0 fully saturated rings. The van der Waals surface area contributed by atoms with E-state index in [0.29, 0.717) is 11.1 Å². The molecular weight excluding hydrogens is 270 g/mol. The number of nitriles is 1. The number of non-ortho nitro benzene ring substituents is 1. The second kappa shape index (κ2) is 6.25. The van der Waals surface area contributed by atoms with Gasteiger partial charge in [-0.15, -0.1) is 0 Å². The van der Waals surface area contributed by atoms with E-state index in [1.807, 2.05) is 6.19 Å². The lowest BCUT2D eigenvalue weighted by Crippen LogP contribution is -2.25. The number of rotatable bonds is 4. The van der Waals surface area contributed by atoms with Crippen LogP contribution in [0.25, 0.3) is 0 Å². The zero-order valence-electron chi connectivity index (χ0n) is 10.9. The lowest BCUT2D eigenvalue weighted by molar-refractivity contribution is -0.384. The summed E-state index contributed by atoms with van der Waals surface area (Å²) in [7, 11) is 0. The van der Waals surface area contributed by atoms with Gasteiger partial charge in [-0.1, -0.05) is 12.1 Å². The van der Waals surface area contributed by atoms with Crippen LogP contribution in [-0.4, -0.2) is 20.6 Å². The molecule has 0 unspecified atom stereocenters. The minimum absolute atomic E-state index is 0.00964. The molecule has 0 aliphatic heterocycles. The number of nitro groups is 1. The van der Waals surface area contributed by atoms with Gasteiger partial charge in [0.15, 0.2) is 6.19 Å². The maximum absolute atomic E-state index is 10.6. The van der Waals surface area contributed by atoms with Gasteiger partial charge in [0.25, 0.3) is 5.69 Å². The minimum atomic E-state index is -0.483. The predicted molar refractivity (Wildman–Crippen MR) is 75.3 cm³/mol. The summed E-state index contributed by atoms with van der Waals surface area (Å²) in [6, 6.07) is 9.26. The summed E-state index contributed by atoms with van der Waals surface area (Å²) in [5.74, 6) is 0.0314. The van der Waals surface area contributed by atoms with Gasteiger partial charge in [-0.2, -0.15) is 5.26 Å². The van der Waals surface area contributed by atoms with E-state index in [2.05, 4.69) is 4.98 Å².